The minimum absolute atomic E-state index is 0.0561. The van der Waals surface area contributed by atoms with Gasteiger partial charge >= 0.3 is 0 Å². The van der Waals surface area contributed by atoms with Gasteiger partial charge in [-0.05, 0) is 42.3 Å². The molecule has 0 bridgehead atoms. The Morgan fingerprint density at radius 1 is 1.19 bits per heavy atom. The Morgan fingerprint density at radius 2 is 2.05 bits per heavy atom. The number of thiophene rings is 1. The van der Waals surface area contributed by atoms with Crippen molar-refractivity contribution < 1.29 is 4.79 Å². The predicted octanol–water partition coefficient (Wildman–Crippen LogP) is 4.75. The van der Waals surface area contributed by atoms with E-state index in [0.29, 0.717) is 0 Å². The molecule has 104 valence electrons. The second kappa shape index (κ2) is 6.02. The van der Waals surface area contributed by atoms with Crippen molar-refractivity contribution in [1.29, 1.82) is 0 Å². The molecule has 3 heteroatoms. The molecule has 1 aromatic carbocycles. The molecule has 0 saturated carbocycles. The molecule has 0 radical (unpaired) electrons. The molecular formula is C18H15NOS. The first kappa shape index (κ1) is 13.7. The van der Waals surface area contributed by atoms with Crippen molar-refractivity contribution in [2.24, 2.45) is 0 Å². The summed E-state index contributed by atoms with van der Waals surface area (Å²) in [7, 11) is 0. The number of fused-ring (bicyclic) bond motifs is 1. The van der Waals surface area contributed by atoms with Crippen LogP contribution in [0.4, 0.5) is 0 Å². The van der Waals surface area contributed by atoms with Crippen LogP contribution >= 0.6 is 11.3 Å². The van der Waals surface area contributed by atoms with Gasteiger partial charge in [0, 0.05) is 16.5 Å². The molecule has 0 fully saturated rings. The largest absolute Gasteiger partial charge is 0.288 e. The standard InChI is InChI=1S/C18H15NOS/c1-2-14-8-10-18(21-14)17(20)9-7-13-11-12-19-16-6-4-3-5-15(13)16/h3-12H,2H2,1H3/b9-7+. The maximum Gasteiger partial charge on any atom is 0.195 e. The molecule has 0 unspecified atom stereocenters. The Kier molecular flexibility index (Phi) is 3.93. The van der Waals surface area contributed by atoms with Crippen LogP contribution in [-0.4, -0.2) is 10.8 Å². The lowest BCUT2D eigenvalue weighted by molar-refractivity contribution is 0.105. The third-order valence-corrected chi connectivity index (χ3v) is 4.59. The lowest BCUT2D eigenvalue weighted by atomic mass is 10.1. The van der Waals surface area contributed by atoms with Crippen LogP contribution in [0.2, 0.25) is 0 Å². The Balaban J connectivity index is 1.89. The Labute approximate surface area is 127 Å². The van der Waals surface area contributed by atoms with Gasteiger partial charge in [-0.15, -0.1) is 11.3 Å². The first-order chi connectivity index (χ1) is 10.3. The predicted molar refractivity (Wildman–Crippen MR) is 88.8 cm³/mol. The maximum atomic E-state index is 12.2. The zero-order chi connectivity index (χ0) is 14.7. The lowest BCUT2D eigenvalue weighted by Crippen LogP contribution is -1.89. The molecule has 0 spiro atoms. The minimum Gasteiger partial charge on any atom is -0.288 e. The van der Waals surface area contributed by atoms with E-state index in [-0.39, 0.29) is 5.78 Å². The van der Waals surface area contributed by atoms with E-state index < -0.39 is 0 Å². The van der Waals surface area contributed by atoms with Crippen molar-refractivity contribution in [1.82, 2.24) is 4.98 Å². The fourth-order valence-electron chi connectivity index (χ4n) is 2.21. The van der Waals surface area contributed by atoms with Gasteiger partial charge in [-0.2, -0.15) is 0 Å². The van der Waals surface area contributed by atoms with Crippen LogP contribution in [-0.2, 0) is 6.42 Å². The van der Waals surface area contributed by atoms with Gasteiger partial charge in [-0.3, -0.25) is 9.78 Å². The number of pyridine rings is 1. The number of carbonyl (C=O) groups is 1. The average molecular weight is 293 g/mol. The van der Waals surface area contributed by atoms with Gasteiger partial charge in [0.1, 0.15) is 0 Å². The fourth-order valence-corrected chi connectivity index (χ4v) is 3.08. The summed E-state index contributed by atoms with van der Waals surface area (Å²) in [5.74, 6) is 0.0561. The van der Waals surface area contributed by atoms with Crippen LogP contribution in [0.15, 0.2) is 54.7 Å². The van der Waals surface area contributed by atoms with Crippen LogP contribution in [0.3, 0.4) is 0 Å². The van der Waals surface area contributed by atoms with E-state index in [1.165, 1.54) is 4.88 Å². The topological polar surface area (TPSA) is 30.0 Å². The number of hydrogen-bond acceptors (Lipinski definition) is 3. The summed E-state index contributed by atoms with van der Waals surface area (Å²) in [4.78, 5) is 18.5. The highest BCUT2D eigenvalue weighted by Crippen LogP contribution is 2.20. The second-order valence-corrected chi connectivity index (χ2v) is 5.90. The molecule has 0 aliphatic heterocycles. The van der Waals surface area contributed by atoms with Crippen LogP contribution < -0.4 is 0 Å². The van der Waals surface area contributed by atoms with Crippen LogP contribution in [0.1, 0.15) is 27.0 Å². The summed E-state index contributed by atoms with van der Waals surface area (Å²) in [6.07, 6.45) is 6.26. The summed E-state index contributed by atoms with van der Waals surface area (Å²) < 4.78 is 0. The first-order valence-corrected chi connectivity index (χ1v) is 7.74. The molecule has 2 aromatic heterocycles. The highest BCUT2D eigenvalue weighted by atomic mass is 32.1. The molecular weight excluding hydrogens is 278 g/mol. The van der Waals surface area contributed by atoms with Gasteiger partial charge < -0.3 is 0 Å². The van der Waals surface area contributed by atoms with E-state index in [1.807, 2.05) is 48.5 Å². The summed E-state index contributed by atoms with van der Waals surface area (Å²) in [6, 6.07) is 13.8. The second-order valence-electron chi connectivity index (χ2n) is 4.73. The van der Waals surface area contributed by atoms with Crippen molar-refractivity contribution in [2.75, 3.05) is 0 Å². The summed E-state index contributed by atoms with van der Waals surface area (Å²) >= 11 is 1.57. The molecule has 0 atom stereocenters. The van der Waals surface area contributed by atoms with Gasteiger partial charge in [0.2, 0.25) is 0 Å². The van der Waals surface area contributed by atoms with Crippen molar-refractivity contribution in [3.63, 3.8) is 0 Å². The molecule has 3 aromatic rings. The molecule has 0 saturated heterocycles. The van der Waals surface area contributed by atoms with Gasteiger partial charge in [0.05, 0.1) is 10.4 Å². The van der Waals surface area contributed by atoms with Gasteiger partial charge in [0.15, 0.2) is 5.78 Å². The number of aromatic nitrogens is 1. The van der Waals surface area contributed by atoms with E-state index in [4.69, 9.17) is 0 Å². The molecule has 0 N–H and O–H groups in total. The minimum atomic E-state index is 0.0561. The zero-order valence-electron chi connectivity index (χ0n) is 11.7. The number of para-hydroxylation sites is 1. The number of carbonyl (C=O) groups excluding carboxylic acids is 1. The van der Waals surface area contributed by atoms with Gasteiger partial charge in [-0.25, -0.2) is 0 Å². The average Bonchev–Trinajstić information content (AvgIpc) is 3.01. The van der Waals surface area contributed by atoms with Gasteiger partial charge in [0.25, 0.3) is 0 Å². The Bertz CT molecular complexity index is 811. The zero-order valence-corrected chi connectivity index (χ0v) is 12.6. The number of hydrogen-bond donors (Lipinski definition) is 0. The number of rotatable bonds is 4. The Morgan fingerprint density at radius 3 is 2.86 bits per heavy atom. The van der Waals surface area contributed by atoms with E-state index in [0.717, 1.165) is 27.8 Å². The van der Waals surface area contributed by atoms with Gasteiger partial charge in [-0.1, -0.05) is 31.2 Å². The number of allylic oxidation sites excluding steroid dienone is 1. The molecule has 2 nitrogen and oxygen atoms in total. The van der Waals surface area contributed by atoms with Crippen molar-refractivity contribution in [3.05, 3.63) is 70.1 Å². The normalized spacial score (nSPS) is 11.3. The monoisotopic (exact) mass is 293 g/mol. The quantitative estimate of drug-likeness (QED) is 0.513. The maximum absolute atomic E-state index is 12.2. The molecule has 0 aliphatic carbocycles. The third kappa shape index (κ3) is 2.93. The SMILES string of the molecule is CCc1ccc(C(=O)/C=C/c2ccnc3ccccc23)s1. The van der Waals surface area contributed by atoms with E-state index in [1.54, 1.807) is 23.6 Å². The lowest BCUT2D eigenvalue weighted by Gasteiger charge is -2.00. The van der Waals surface area contributed by atoms with Crippen LogP contribution in [0, 0.1) is 0 Å². The molecule has 0 amide bonds. The number of nitrogens with zero attached hydrogens (tertiary/aromatic N) is 1. The van der Waals surface area contributed by atoms with Crippen LogP contribution in [0.5, 0.6) is 0 Å². The molecule has 0 aliphatic rings. The van der Waals surface area contributed by atoms with Crippen LogP contribution in [0.25, 0.3) is 17.0 Å². The van der Waals surface area contributed by atoms with Crippen molar-refractivity contribution in [2.45, 2.75) is 13.3 Å². The smallest absolute Gasteiger partial charge is 0.195 e. The van der Waals surface area contributed by atoms with E-state index >= 15 is 0 Å². The fraction of sp³-hybridized carbons (Fsp3) is 0.111. The summed E-state index contributed by atoms with van der Waals surface area (Å²) in [5, 5.41) is 1.06. The molecule has 3 rings (SSSR count). The number of ketones is 1. The highest BCUT2D eigenvalue weighted by molar-refractivity contribution is 7.14. The van der Waals surface area contributed by atoms with E-state index in [2.05, 4.69) is 11.9 Å². The first-order valence-electron chi connectivity index (χ1n) is 6.93. The summed E-state index contributed by atoms with van der Waals surface area (Å²) in [5.41, 5.74) is 1.96. The molecule has 2 heterocycles. The number of benzene rings is 1. The van der Waals surface area contributed by atoms with E-state index in [9.17, 15) is 4.79 Å². The third-order valence-electron chi connectivity index (χ3n) is 3.35. The highest BCUT2D eigenvalue weighted by Gasteiger charge is 2.05. The Hall–Kier alpha value is -2.26. The molecule has 21 heavy (non-hydrogen) atoms. The van der Waals surface area contributed by atoms with Crippen molar-refractivity contribution in [3.8, 4) is 0 Å². The number of aryl methyl sites for hydroxylation is 1. The summed E-state index contributed by atoms with van der Waals surface area (Å²) in [6.45, 7) is 2.10. The van der Waals surface area contributed by atoms with Crippen molar-refractivity contribution >= 4 is 34.1 Å².